The first kappa shape index (κ1) is 22.5. The van der Waals surface area contributed by atoms with Crippen LogP contribution in [0, 0.1) is 17.8 Å². The van der Waals surface area contributed by atoms with E-state index in [4.69, 9.17) is 9.97 Å². The van der Waals surface area contributed by atoms with E-state index in [0.29, 0.717) is 5.92 Å². The zero-order chi connectivity index (χ0) is 20.3. The van der Waals surface area contributed by atoms with Crippen LogP contribution in [0.2, 0.25) is 0 Å². The molecule has 2 saturated carbocycles. The lowest BCUT2D eigenvalue weighted by Gasteiger charge is -2.28. The predicted molar refractivity (Wildman–Crippen MR) is 124 cm³/mol. The summed E-state index contributed by atoms with van der Waals surface area (Å²) >= 11 is 0. The van der Waals surface area contributed by atoms with Crippen molar-refractivity contribution in [1.82, 2.24) is 9.97 Å². The second-order valence-electron chi connectivity index (χ2n) is 9.83. The third-order valence-corrected chi connectivity index (χ3v) is 7.43. The summed E-state index contributed by atoms with van der Waals surface area (Å²) in [4.78, 5) is 9.48. The van der Waals surface area contributed by atoms with Gasteiger partial charge in [-0.15, -0.1) is 0 Å². The molecule has 2 heteroatoms. The van der Waals surface area contributed by atoms with E-state index in [9.17, 15) is 0 Å². The fourth-order valence-electron chi connectivity index (χ4n) is 5.42. The van der Waals surface area contributed by atoms with Gasteiger partial charge in [-0.1, -0.05) is 58.1 Å². The number of unbranched alkanes of at least 4 members (excludes halogenated alkanes) is 3. The molecule has 2 aliphatic rings. The van der Waals surface area contributed by atoms with Gasteiger partial charge in [0.15, 0.2) is 0 Å². The number of aryl methyl sites for hydroxylation is 1. The Bertz CT molecular complexity index is 575. The van der Waals surface area contributed by atoms with Crippen LogP contribution in [0.15, 0.2) is 24.5 Å². The average molecular weight is 397 g/mol. The Balaban J connectivity index is 1.37. The molecule has 1 aromatic rings. The lowest BCUT2D eigenvalue weighted by atomic mass is 9.78. The van der Waals surface area contributed by atoms with Gasteiger partial charge in [0.05, 0.1) is 0 Å². The van der Waals surface area contributed by atoms with Crippen molar-refractivity contribution in [1.29, 1.82) is 0 Å². The van der Waals surface area contributed by atoms with Crippen molar-refractivity contribution < 1.29 is 0 Å². The first-order valence-electron chi connectivity index (χ1n) is 12.8. The minimum absolute atomic E-state index is 0.582. The molecule has 29 heavy (non-hydrogen) atoms. The second-order valence-corrected chi connectivity index (χ2v) is 9.83. The number of hydrogen-bond donors (Lipinski definition) is 0. The predicted octanol–water partition coefficient (Wildman–Crippen LogP) is 8.04. The monoisotopic (exact) mass is 396 g/mol. The highest BCUT2D eigenvalue weighted by Gasteiger charge is 2.24. The summed E-state index contributed by atoms with van der Waals surface area (Å²) in [5, 5.41) is 0. The van der Waals surface area contributed by atoms with Gasteiger partial charge in [-0.25, -0.2) is 9.97 Å². The second kappa shape index (κ2) is 12.5. The zero-order valence-electron chi connectivity index (χ0n) is 19.1. The first-order valence-corrected chi connectivity index (χ1v) is 12.8. The Morgan fingerprint density at radius 3 is 1.97 bits per heavy atom. The number of rotatable bonds is 10. The summed E-state index contributed by atoms with van der Waals surface area (Å²) in [7, 11) is 0. The van der Waals surface area contributed by atoms with Crippen molar-refractivity contribution in [2.45, 2.75) is 116 Å². The molecule has 1 heterocycles. The van der Waals surface area contributed by atoms with E-state index in [2.05, 4.69) is 38.4 Å². The van der Waals surface area contributed by atoms with E-state index in [1.165, 1.54) is 95.5 Å². The highest BCUT2D eigenvalue weighted by Crippen LogP contribution is 2.36. The fourth-order valence-corrected chi connectivity index (χ4v) is 5.42. The molecular weight excluding hydrogens is 352 g/mol. The van der Waals surface area contributed by atoms with Gasteiger partial charge in [0, 0.05) is 18.3 Å². The normalized spacial score (nSPS) is 28.1. The van der Waals surface area contributed by atoms with E-state index < -0.39 is 0 Å². The lowest BCUT2D eigenvalue weighted by Crippen LogP contribution is -2.15. The molecular formula is C27H44N2. The molecule has 0 aliphatic heterocycles. The SMILES string of the molecule is CCCCCCc1cnc(C2CCC(/C=C/C3CCC(CCC)CC3)CC2)nc1. The maximum Gasteiger partial charge on any atom is 0.131 e. The smallest absolute Gasteiger partial charge is 0.131 e. The van der Waals surface area contributed by atoms with Gasteiger partial charge >= 0.3 is 0 Å². The van der Waals surface area contributed by atoms with Gasteiger partial charge in [-0.2, -0.15) is 0 Å². The molecule has 162 valence electrons. The molecule has 0 aromatic carbocycles. The Labute approximate surface area is 180 Å². The molecule has 1 aromatic heterocycles. The summed E-state index contributed by atoms with van der Waals surface area (Å²) in [6.45, 7) is 4.59. The van der Waals surface area contributed by atoms with Gasteiger partial charge in [-0.05, 0) is 87.5 Å². The molecule has 3 rings (SSSR count). The van der Waals surface area contributed by atoms with Crippen LogP contribution in [-0.4, -0.2) is 9.97 Å². The Morgan fingerprint density at radius 1 is 0.759 bits per heavy atom. The number of nitrogens with zero attached hydrogens (tertiary/aromatic N) is 2. The summed E-state index contributed by atoms with van der Waals surface area (Å²) in [5.41, 5.74) is 1.31. The van der Waals surface area contributed by atoms with Gasteiger partial charge in [-0.3, -0.25) is 0 Å². The first-order chi connectivity index (χ1) is 14.3. The number of hydrogen-bond acceptors (Lipinski definition) is 2. The largest absolute Gasteiger partial charge is 0.241 e. The molecule has 0 radical (unpaired) electrons. The van der Waals surface area contributed by atoms with Crippen LogP contribution >= 0.6 is 0 Å². The molecule has 0 spiro atoms. The molecule has 0 bridgehead atoms. The van der Waals surface area contributed by atoms with Crippen LogP contribution in [0.3, 0.4) is 0 Å². The minimum atomic E-state index is 0.582. The topological polar surface area (TPSA) is 25.8 Å². The molecule has 0 atom stereocenters. The van der Waals surface area contributed by atoms with E-state index in [1.54, 1.807) is 0 Å². The fraction of sp³-hybridized carbons (Fsp3) is 0.778. The van der Waals surface area contributed by atoms with Crippen LogP contribution in [0.1, 0.15) is 121 Å². The van der Waals surface area contributed by atoms with Crippen LogP contribution < -0.4 is 0 Å². The molecule has 0 saturated heterocycles. The summed E-state index contributed by atoms with van der Waals surface area (Å²) in [5.74, 6) is 4.34. The van der Waals surface area contributed by atoms with Gasteiger partial charge in [0.1, 0.15) is 5.82 Å². The van der Waals surface area contributed by atoms with Crippen molar-refractivity contribution in [2.75, 3.05) is 0 Å². The van der Waals surface area contributed by atoms with Crippen molar-refractivity contribution >= 4 is 0 Å². The van der Waals surface area contributed by atoms with E-state index >= 15 is 0 Å². The molecule has 0 amide bonds. The van der Waals surface area contributed by atoms with Crippen LogP contribution in [0.5, 0.6) is 0 Å². The van der Waals surface area contributed by atoms with Crippen LogP contribution in [0.4, 0.5) is 0 Å². The minimum Gasteiger partial charge on any atom is -0.241 e. The number of allylic oxidation sites excluding steroid dienone is 2. The van der Waals surface area contributed by atoms with Gasteiger partial charge in [0.2, 0.25) is 0 Å². The molecule has 2 aliphatic carbocycles. The van der Waals surface area contributed by atoms with Crippen molar-refractivity contribution in [2.24, 2.45) is 17.8 Å². The van der Waals surface area contributed by atoms with E-state index in [-0.39, 0.29) is 0 Å². The third kappa shape index (κ3) is 7.54. The lowest BCUT2D eigenvalue weighted by molar-refractivity contribution is 0.292. The Hall–Kier alpha value is -1.18. The highest BCUT2D eigenvalue weighted by molar-refractivity contribution is 5.09. The van der Waals surface area contributed by atoms with Crippen molar-refractivity contribution in [3.63, 3.8) is 0 Å². The maximum absolute atomic E-state index is 4.74. The molecule has 0 unspecified atom stereocenters. The van der Waals surface area contributed by atoms with Gasteiger partial charge < -0.3 is 0 Å². The highest BCUT2D eigenvalue weighted by atomic mass is 14.9. The molecule has 2 fully saturated rings. The quantitative estimate of drug-likeness (QED) is 0.295. The third-order valence-electron chi connectivity index (χ3n) is 7.43. The van der Waals surface area contributed by atoms with Crippen molar-refractivity contribution in [3.8, 4) is 0 Å². The van der Waals surface area contributed by atoms with Crippen molar-refractivity contribution in [3.05, 3.63) is 35.9 Å². The Morgan fingerprint density at radius 2 is 1.38 bits per heavy atom. The zero-order valence-corrected chi connectivity index (χ0v) is 19.1. The number of aromatic nitrogens is 2. The standard InChI is InChI=1S/C27H44N2/c1-3-5-6-7-9-25-20-28-27(29-21-25)26-18-16-24(17-19-26)15-14-23-12-10-22(8-4-2)11-13-23/h14-15,20-24,26H,3-13,16-19H2,1-2H3/b15-14+. The summed E-state index contributed by atoms with van der Waals surface area (Å²) in [6, 6.07) is 0. The summed E-state index contributed by atoms with van der Waals surface area (Å²) < 4.78 is 0. The van der Waals surface area contributed by atoms with Crippen LogP contribution in [-0.2, 0) is 6.42 Å². The van der Waals surface area contributed by atoms with E-state index in [0.717, 1.165) is 30.0 Å². The molecule has 0 N–H and O–H groups in total. The average Bonchev–Trinajstić information content (AvgIpc) is 2.77. The summed E-state index contributed by atoms with van der Waals surface area (Å²) in [6.07, 6.45) is 29.4. The van der Waals surface area contributed by atoms with Gasteiger partial charge in [0.25, 0.3) is 0 Å². The Kier molecular flexibility index (Phi) is 9.70. The molecule has 2 nitrogen and oxygen atoms in total. The maximum atomic E-state index is 4.74. The van der Waals surface area contributed by atoms with E-state index in [1.807, 2.05) is 0 Å². The van der Waals surface area contributed by atoms with Crippen LogP contribution in [0.25, 0.3) is 0 Å².